The minimum absolute atomic E-state index is 0.179. The molecule has 1 heterocycles. The number of rotatable bonds is 7. The minimum atomic E-state index is -0.472. The lowest BCUT2D eigenvalue weighted by Crippen LogP contribution is -2.12. The van der Waals surface area contributed by atoms with Gasteiger partial charge in [-0.2, -0.15) is 0 Å². The summed E-state index contributed by atoms with van der Waals surface area (Å²) in [6.07, 6.45) is 3.05. The summed E-state index contributed by atoms with van der Waals surface area (Å²) in [5, 5.41) is 0.897. The van der Waals surface area contributed by atoms with E-state index in [1.165, 1.54) is 13.2 Å². The van der Waals surface area contributed by atoms with Gasteiger partial charge in [0.05, 0.1) is 14.2 Å². The van der Waals surface area contributed by atoms with Gasteiger partial charge >= 0.3 is 5.97 Å². The molecule has 0 aliphatic rings. The summed E-state index contributed by atoms with van der Waals surface area (Å²) in [6.45, 7) is -0.181. The predicted octanol–water partition coefficient (Wildman–Crippen LogP) is 3.89. The van der Waals surface area contributed by atoms with Crippen molar-refractivity contribution in [3.8, 4) is 11.5 Å². The van der Waals surface area contributed by atoms with E-state index in [-0.39, 0.29) is 12.4 Å². The largest absolute Gasteiger partial charge is 0.493 e. The Morgan fingerprint density at radius 2 is 1.85 bits per heavy atom. The molecular formula is C21H18O6. The van der Waals surface area contributed by atoms with Gasteiger partial charge in [-0.1, -0.05) is 12.1 Å². The molecule has 0 radical (unpaired) electrons. The number of carbonyl (C=O) groups excluding carboxylic acids is 2. The van der Waals surface area contributed by atoms with Crippen molar-refractivity contribution in [1.29, 1.82) is 0 Å². The van der Waals surface area contributed by atoms with Gasteiger partial charge in [-0.05, 0) is 48.6 Å². The molecule has 0 N–H and O–H groups in total. The average Bonchev–Trinajstić information content (AvgIpc) is 3.13. The van der Waals surface area contributed by atoms with E-state index >= 15 is 0 Å². The number of allylic oxidation sites excluding steroid dienone is 1. The molecule has 0 saturated heterocycles. The van der Waals surface area contributed by atoms with Crippen LogP contribution in [-0.2, 0) is 9.53 Å². The number of benzene rings is 2. The Hall–Kier alpha value is -3.54. The number of ketones is 1. The summed E-state index contributed by atoms with van der Waals surface area (Å²) in [6, 6.07) is 13.9. The Bertz CT molecular complexity index is 982. The van der Waals surface area contributed by atoms with E-state index < -0.39 is 5.97 Å². The summed E-state index contributed by atoms with van der Waals surface area (Å²) in [7, 11) is 2.87. The average molecular weight is 366 g/mol. The molecule has 3 aromatic rings. The van der Waals surface area contributed by atoms with E-state index in [0.717, 1.165) is 5.39 Å². The summed E-state index contributed by atoms with van der Waals surface area (Å²) < 4.78 is 20.7. The standard InChI is InChI=1S/C21H18O6/c1-24-19-5-3-4-15-12-17(27-21(15)19)10-11-18(22)14-6-8-16(9-7-14)26-13-20(23)25-2/h3-12H,13H2,1-2H3/b11-10+. The Morgan fingerprint density at radius 3 is 2.56 bits per heavy atom. The van der Waals surface area contributed by atoms with E-state index in [1.54, 1.807) is 37.5 Å². The number of fused-ring (bicyclic) bond motifs is 1. The summed E-state index contributed by atoms with van der Waals surface area (Å²) in [4.78, 5) is 23.4. The molecule has 0 spiro atoms. The van der Waals surface area contributed by atoms with Crippen LogP contribution in [0.1, 0.15) is 16.1 Å². The number of ether oxygens (including phenoxy) is 3. The zero-order chi connectivity index (χ0) is 19.2. The number of para-hydroxylation sites is 1. The van der Waals surface area contributed by atoms with Crippen LogP contribution in [0.2, 0.25) is 0 Å². The highest BCUT2D eigenvalue weighted by Gasteiger charge is 2.08. The first-order valence-corrected chi connectivity index (χ1v) is 8.19. The van der Waals surface area contributed by atoms with E-state index in [0.29, 0.717) is 28.4 Å². The maximum absolute atomic E-state index is 12.3. The van der Waals surface area contributed by atoms with Crippen molar-refractivity contribution in [3.63, 3.8) is 0 Å². The molecule has 27 heavy (non-hydrogen) atoms. The predicted molar refractivity (Wildman–Crippen MR) is 100 cm³/mol. The highest BCUT2D eigenvalue weighted by atomic mass is 16.6. The molecule has 0 bridgehead atoms. The molecule has 6 heteroatoms. The van der Waals surface area contributed by atoms with Gasteiger partial charge in [0.25, 0.3) is 0 Å². The van der Waals surface area contributed by atoms with E-state index in [1.807, 2.05) is 24.3 Å². The number of furan rings is 1. The number of hydrogen-bond acceptors (Lipinski definition) is 6. The van der Waals surface area contributed by atoms with Crippen LogP contribution in [0.4, 0.5) is 0 Å². The lowest BCUT2D eigenvalue weighted by molar-refractivity contribution is -0.142. The number of carbonyl (C=O) groups is 2. The third-order valence-corrected chi connectivity index (χ3v) is 3.87. The quantitative estimate of drug-likeness (QED) is 0.359. The Labute approximate surface area is 155 Å². The van der Waals surface area contributed by atoms with Gasteiger partial charge in [-0.15, -0.1) is 0 Å². The molecule has 1 aromatic heterocycles. The maximum atomic E-state index is 12.3. The van der Waals surface area contributed by atoms with Gasteiger partial charge in [0.1, 0.15) is 11.5 Å². The highest BCUT2D eigenvalue weighted by molar-refractivity contribution is 6.06. The first kappa shape index (κ1) is 18.3. The topological polar surface area (TPSA) is 75.0 Å². The van der Waals surface area contributed by atoms with Crippen molar-refractivity contribution in [1.82, 2.24) is 0 Å². The lowest BCUT2D eigenvalue weighted by atomic mass is 10.1. The normalized spacial score (nSPS) is 10.9. The summed E-state index contributed by atoms with van der Waals surface area (Å²) in [5.41, 5.74) is 1.13. The van der Waals surface area contributed by atoms with Crippen molar-refractivity contribution in [3.05, 3.63) is 65.9 Å². The second-order valence-electron chi connectivity index (χ2n) is 5.61. The van der Waals surface area contributed by atoms with Crippen LogP contribution in [0.25, 0.3) is 17.0 Å². The van der Waals surface area contributed by atoms with Crippen molar-refractivity contribution < 1.29 is 28.2 Å². The maximum Gasteiger partial charge on any atom is 0.343 e. The fourth-order valence-electron chi connectivity index (χ4n) is 2.47. The zero-order valence-electron chi connectivity index (χ0n) is 14.9. The highest BCUT2D eigenvalue weighted by Crippen LogP contribution is 2.29. The van der Waals surface area contributed by atoms with Crippen molar-refractivity contribution in [2.75, 3.05) is 20.8 Å². The van der Waals surface area contributed by atoms with Crippen LogP contribution in [0.5, 0.6) is 11.5 Å². The van der Waals surface area contributed by atoms with E-state index in [2.05, 4.69) is 4.74 Å². The fraction of sp³-hybridized carbons (Fsp3) is 0.143. The lowest BCUT2D eigenvalue weighted by Gasteiger charge is -2.04. The van der Waals surface area contributed by atoms with Gasteiger partial charge in [0.15, 0.2) is 23.7 Å². The molecule has 0 aliphatic carbocycles. The SMILES string of the molecule is COC(=O)COc1ccc(C(=O)/C=C/c2cc3cccc(OC)c3o2)cc1. The Kier molecular flexibility index (Phi) is 5.56. The molecule has 3 rings (SSSR count). The molecule has 138 valence electrons. The second kappa shape index (κ2) is 8.23. The minimum Gasteiger partial charge on any atom is -0.493 e. The van der Waals surface area contributed by atoms with Crippen molar-refractivity contribution in [2.45, 2.75) is 0 Å². The second-order valence-corrected chi connectivity index (χ2v) is 5.61. The third kappa shape index (κ3) is 4.36. The van der Waals surface area contributed by atoms with Gasteiger partial charge < -0.3 is 18.6 Å². The third-order valence-electron chi connectivity index (χ3n) is 3.87. The number of methoxy groups -OCH3 is 2. The smallest absolute Gasteiger partial charge is 0.343 e. The molecule has 0 amide bonds. The zero-order valence-corrected chi connectivity index (χ0v) is 14.9. The van der Waals surface area contributed by atoms with Gasteiger partial charge in [0, 0.05) is 10.9 Å². The first-order valence-electron chi connectivity index (χ1n) is 8.19. The van der Waals surface area contributed by atoms with Gasteiger partial charge in [0.2, 0.25) is 0 Å². The van der Waals surface area contributed by atoms with Crippen molar-refractivity contribution >= 4 is 28.8 Å². The molecule has 6 nitrogen and oxygen atoms in total. The fourth-order valence-corrected chi connectivity index (χ4v) is 2.47. The monoisotopic (exact) mass is 366 g/mol. The van der Waals surface area contributed by atoms with Crippen LogP contribution in [0, 0.1) is 0 Å². The van der Waals surface area contributed by atoms with Gasteiger partial charge in [-0.25, -0.2) is 4.79 Å². The molecule has 0 fully saturated rings. The number of esters is 1. The van der Waals surface area contributed by atoms with Gasteiger partial charge in [-0.3, -0.25) is 4.79 Å². The molecule has 0 atom stereocenters. The van der Waals surface area contributed by atoms with Crippen LogP contribution in [0.3, 0.4) is 0 Å². The van der Waals surface area contributed by atoms with Crippen LogP contribution in [-0.4, -0.2) is 32.6 Å². The summed E-state index contributed by atoms with van der Waals surface area (Å²) >= 11 is 0. The molecule has 0 aliphatic heterocycles. The van der Waals surface area contributed by atoms with Crippen LogP contribution in [0.15, 0.2) is 59.0 Å². The molecular weight excluding hydrogens is 348 g/mol. The summed E-state index contributed by atoms with van der Waals surface area (Å²) in [5.74, 6) is 1.02. The van der Waals surface area contributed by atoms with E-state index in [4.69, 9.17) is 13.9 Å². The first-order chi connectivity index (χ1) is 13.1. The van der Waals surface area contributed by atoms with Crippen molar-refractivity contribution in [2.24, 2.45) is 0 Å². The van der Waals surface area contributed by atoms with E-state index in [9.17, 15) is 9.59 Å². The molecule has 0 saturated carbocycles. The van der Waals surface area contributed by atoms with Crippen LogP contribution < -0.4 is 9.47 Å². The Morgan fingerprint density at radius 1 is 1.07 bits per heavy atom. The number of hydrogen-bond donors (Lipinski definition) is 0. The molecule has 0 unspecified atom stereocenters. The molecule has 2 aromatic carbocycles. The van der Waals surface area contributed by atoms with Crippen LogP contribution >= 0.6 is 0 Å². The Balaban J connectivity index is 1.68.